The predicted octanol–water partition coefficient (Wildman–Crippen LogP) is 2.61. The largest absolute Gasteiger partial charge is 0.459 e. The molecule has 0 N–H and O–H groups in total. The first-order chi connectivity index (χ1) is 8.58. The summed E-state index contributed by atoms with van der Waals surface area (Å²) in [6.45, 7) is 14.3. The van der Waals surface area contributed by atoms with E-state index in [9.17, 15) is 4.79 Å². The quantitative estimate of drug-likeness (QED) is 0.737. The summed E-state index contributed by atoms with van der Waals surface area (Å²) in [5.74, 6) is -0.0965. The number of nitrogens with zero attached hydrogens (tertiary/aromatic N) is 1. The van der Waals surface area contributed by atoms with Gasteiger partial charge in [0.1, 0.15) is 11.6 Å². The molecule has 4 heteroatoms. The van der Waals surface area contributed by atoms with Crippen molar-refractivity contribution in [3.05, 3.63) is 0 Å². The fraction of sp³-hybridized carbons (Fsp3) is 0.933. The summed E-state index contributed by atoms with van der Waals surface area (Å²) < 4.78 is 11.2. The van der Waals surface area contributed by atoms with Gasteiger partial charge in [0, 0.05) is 6.54 Å². The second kappa shape index (κ2) is 6.23. The number of carbonyl (C=O) groups excluding carboxylic acids is 1. The highest BCUT2D eigenvalue weighted by atomic mass is 16.6. The molecular weight excluding hydrogens is 242 g/mol. The fourth-order valence-electron chi connectivity index (χ4n) is 2.20. The van der Waals surface area contributed by atoms with Gasteiger partial charge in [0.25, 0.3) is 0 Å². The van der Waals surface area contributed by atoms with Gasteiger partial charge >= 0.3 is 5.97 Å². The van der Waals surface area contributed by atoms with Gasteiger partial charge in [-0.2, -0.15) is 0 Å². The Hall–Kier alpha value is -0.610. The zero-order valence-electron chi connectivity index (χ0n) is 13.3. The molecule has 1 fully saturated rings. The Morgan fingerprint density at radius 2 is 1.79 bits per heavy atom. The summed E-state index contributed by atoms with van der Waals surface area (Å²) in [6.07, 6.45) is 1.95. The molecule has 0 aliphatic carbocycles. The van der Waals surface area contributed by atoms with E-state index in [-0.39, 0.29) is 17.6 Å². The van der Waals surface area contributed by atoms with Crippen LogP contribution in [0.25, 0.3) is 0 Å². The molecule has 1 saturated heterocycles. The molecule has 0 aromatic heterocycles. The zero-order valence-corrected chi connectivity index (χ0v) is 13.3. The average Bonchev–Trinajstić information content (AvgIpc) is 2.61. The maximum atomic E-state index is 12.1. The van der Waals surface area contributed by atoms with E-state index in [4.69, 9.17) is 9.47 Å². The number of hydrogen-bond donors (Lipinski definition) is 0. The highest BCUT2D eigenvalue weighted by Gasteiger charge is 2.33. The summed E-state index contributed by atoms with van der Waals surface area (Å²) in [6, 6.07) is -0.0946. The Kier molecular flexibility index (Phi) is 5.39. The van der Waals surface area contributed by atoms with E-state index >= 15 is 0 Å². The first kappa shape index (κ1) is 16.4. The molecular formula is C15H29NO3. The van der Waals surface area contributed by atoms with Crippen molar-refractivity contribution < 1.29 is 14.3 Å². The molecule has 1 rings (SSSR count). The van der Waals surface area contributed by atoms with E-state index in [2.05, 4.69) is 4.90 Å². The second-order valence-electron chi connectivity index (χ2n) is 7.19. The molecule has 0 spiro atoms. The van der Waals surface area contributed by atoms with Gasteiger partial charge in [0.05, 0.1) is 12.2 Å². The Bertz CT molecular complexity index is 301. The van der Waals surface area contributed by atoms with Crippen molar-refractivity contribution in [2.45, 2.75) is 71.6 Å². The van der Waals surface area contributed by atoms with Crippen LogP contribution >= 0.6 is 0 Å². The number of hydrogen-bond acceptors (Lipinski definition) is 4. The second-order valence-corrected chi connectivity index (χ2v) is 7.19. The molecule has 19 heavy (non-hydrogen) atoms. The smallest absolute Gasteiger partial charge is 0.323 e. The predicted molar refractivity (Wildman–Crippen MR) is 76.1 cm³/mol. The Morgan fingerprint density at radius 3 is 2.32 bits per heavy atom. The van der Waals surface area contributed by atoms with Crippen LogP contribution in [0.1, 0.15) is 54.4 Å². The Morgan fingerprint density at radius 1 is 1.16 bits per heavy atom. The molecule has 0 radical (unpaired) electrons. The van der Waals surface area contributed by atoms with Crippen LogP contribution in [-0.2, 0) is 14.3 Å². The highest BCUT2D eigenvalue weighted by Crippen LogP contribution is 2.21. The molecule has 1 aliphatic rings. The lowest BCUT2D eigenvalue weighted by molar-refractivity contribution is -0.160. The maximum Gasteiger partial charge on any atom is 0.323 e. The SMILES string of the molecule is CC(C)(C)OCCN1CCC[C@@H]1C(=O)OC(C)(C)C. The number of rotatable bonds is 4. The maximum absolute atomic E-state index is 12.1. The van der Waals surface area contributed by atoms with Crippen molar-refractivity contribution >= 4 is 5.97 Å². The molecule has 1 atom stereocenters. The third-order valence-corrected chi connectivity index (χ3v) is 2.96. The topological polar surface area (TPSA) is 38.8 Å². The molecule has 0 bridgehead atoms. The lowest BCUT2D eigenvalue weighted by Gasteiger charge is -2.28. The van der Waals surface area contributed by atoms with E-state index in [1.807, 2.05) is 41.5 Å². The van der Waals surface area contributed by atoms with Gasteiger partial charge in [-0.05, 0) is 60.9 Å². The molecule has 112 valence electrons. The van der Waals surface area contributed by atoms with Crippen LogP contribution in [0.3, 0.4) is 0 Å². The van der Waals surface area contributed by atoms with Crippen molar-refractivity contribution in [2.24, 2.45) is 0 Å². The first-order valence-electron chi connectivity index (χ1n) is 7.19. The molecule has 4 nitrogen and oxygen atoms in total. The van der Waals surface area contributed by atoms with Crippen LogP contribution in [-0.4, -0.2) is 47.8 Å². The van der Waals surface area contributed by atoms with E-state index in [0.717, 1.165) is 25.9 Å². The van der Waals surface area contributed by atoms with Gasteiger partial charge < -0.3 is 9.47 Å². The zero-order chi connectivity index (χ0) is 14.7. The highest BCUT2D eigenvalue weighted by molar-refractivity contribution is 5.76. The lowest BCUT2D eigenvalue weighted by atomic mass is 10.1. The van der Waals surface area contributed by atoms with Crippen LogP contribution < -0.4 is 0 Å². The fourth-order valence-corrected chi connectivity index (χ4v) is 2.20. The Labute approximate surface area is 117 Å². The standard InChI is InChI=1S/C15H29NO3/c1-14(2,3)18-11-10-16-9-7-8-12(16)13(17)19-15(4,5)6/h12H,7-11H2,1-6H3/t12-/m1/s1. The van der Waals surface area contributed by atoms with Crippen LogP contribution in [0.5, 0.6) is 0 Å². The first-order valence-corrected chi connectivity index (χ1v) is 7.19. The summed E-state index contributed by atoms with van der Waals surface area (Å²) in [7, 11) is 0. The van der Waals surface area contributed by atoms with Gasteiger partial charge in [-0.1, -0.05) is 0 Å². The number of likely N-dealkylation sites (tertiary alicyclic amines) is 1. The number of carbonyl (C=O) groups is 1. The average molecular weight is 271 g/mol. The molecule has 0 amide bonds. The monoisotopic (exact) mass is 271 g/mol. The van der Waals surface area contributed by atoms with Crippen LogP contribution in [0.15, 0.2) is 0 Å². The van der Waals surface area contributed by atoms with E-state index in [1.165, 1.54) is 0 Å². The van der Waals surface area contributed by atoms with Crippen molar-refractivity contribution in [2.75, 3.05) is 19.7 Å². The van der Waals surface area contributed by atoms with Crippen LogP contribution in [0, 0.1) is 0 Å². The number of esters is 1. The summed E-state index contributed by atoms with van der Waals surface area (Å²) >= 11 is 0. The summed E-state index contributed by atoms with van der Waals surface area (Å²) in [4.78, 5) is 14.3. The molecule has 0 saturated carbocycles. The molecule has 0 aromatic rings. The van der Waals surface area contributed by atoms with Crippen LogP contribution in [0.2, 0.25) is 0 Å². The van der Waals surface area contributed by atoms with Gasteiger partial charge in [-0.15, -0.1) is 0 Å². The van der Waals surface area contributed by atoms with Crippen molar-refractivity contribution in [1.29, 1.82) is 0 Å². The minimum absolute atomic E-state index is 0.0946. The summed E-state index contributed by atoms with van der Waals surface area (Å²) in [5.41, 5.74) is -0.533. The molecule has 0 aromatic carbocycles. The molecule has 1 heterocycles. The minimum atomic E-state index is -0.409. The lowest BCUT2D eigenvalue weighted by Crippen LogP contribution is -2.42. The van der Waals surface area contributed by atoms with Crippen molar-refractivity contribution in [3.63, 3.8) is 0 Å². The summed E-state index contributed by atoms with van der Waals surface area (Å²) in [5, 5.41) is 0. The van der Waals surface area contributed by atoms with Crippen molar-refractivity contribution in [1.82, 2.24) is 4.90 Å². The van der Waals surface area contributed by atoms with Gasteiger partial charge in [-0.25, -0.2) is 0 Å². The van der Waals surface area contributed by atoms with E-state index in [0.29, 0.717) is 6.61 Å². The van der Waals surface area contributed by atoms with Crippen molar-refractivity contribution in [3.8, 4) is 0 Å². The minimum Gasteiger partial charge on any atom is -0.459 e. The third-order valence-electron chi connectivity index (χ3n) is 2.96. The Balaban J connectivity index is 2.43. The van der Waals surface area contributed by atoms with Gasteiger partial charge in [-0.3, -0.25) is 9.69 Å². The molecule has 1 aliphatic heterocycles. The number of ether oxygens (including phenoxy) is 2. The van der Waals surface area contributed by atoms with Gasteiger partial charge in [0.15, 0.2) is 0 Å². The van der Waals surface area contributed by atoms with E-state index in [1.54, 1.807) is 0 Å². The van der Waals surface area contributed by atoms with Crippen LogP contribution in [0.4, 0.5) is 0 Å². The normalized spacial score (nSPS) is 21.7. The van der Waals surface area contributed by atoms with E-state index < -0.39 is 5.60 Å². The van der Waals surface area contributed by atoms with Gasteiger partial charge in [0.2, 0.25) is 0 Å². The molecule has 0 unspecified atom stereocenters. The third kappa shape index (κ3) is 6.39.